The maximum absolute atomic E-state index is 11.2. The molecule has 1 aliphatic heterocycles. The van der Waals surface area contributed by atoms with Crippen molar-refractivity contribution in [2.75, 3.05) is 0 Å². The van der Waals surface area contributed by atoms with Gasteiger partial charge in [-0.25, -0.2) is 4.98 Å². The van der Waals surface area contributed by atoms with Crippen LogP contribution in [-0.2, 0) is 16.0 Å². The second-order valence-electron chi connectivity index (χ2n) is 3.04. The first-order valence-electron chi connectivity index (χ1n) is 4.05. The molecular weight excluding hydrogens is 170 g/mol. The minimum Gasteiger partial charge on any atom is -0.348 e. The highest BCUT2D eigenvalue weighted by atomic mass is 16.2. The molecule has 0 saturated carbocycles. The number of rotatable bonds is 2. The SMILES string of the molecule is O=C1CC(=O)C(Cc2cnc[nH]2)N1. The molecule has 13 heavy (non-hydrogen) atoms. The summed E-state index contributed by atoms with van der Waals surface area (Å²) >= 11 is 0. The molecule has 0 aromatic carbocycles. The number of Topliss-reactive ketones (excluding diaryl/α,β-unsaturated/α-hetero) is 1. The summed E-state index contributed by atoms with van der Waals surface area (Å²) in [5.41, 5.74) is 0.862. The summed E-state index contributed by atoms with van der Waals surface area (Å²) in [6, 6.07) is -0.368. The van der Waals surface area contributed by atoms with E-state index in [1.165, 1.54) is 0 Å². The Hall–Kier alpha value is -1.65. The summed E-state index contributed by atoms with van der Waals surface area (Å²) in [7, 11) is 0. The number of hydrogen-bond acceptors (Lipinski definition) is 3. The highest BCUT2D eigenvalue weighted by Crippen LogP contribution is 2.07. The lowest BCUT2D eigenvalue weighted by Gasteiger charge is -2.05. The number of carbonyl (C=O) groups excluding carboxylic acids is 2. The molecule has 0 radical (unpaired) electrons. The first-order chi connectivity index (χ1) is 6.25. The van der Waals surface area contributed by atoms with Crippen LogP contribution < -0.4 is 5.32 Å². The van der Waals surface area contributed by atoms with Gasteiger partial charge in [-0.15, -0.1) is 0 Å². The molecule has 1 aromatic heterocycles. The minimum atomic E-state index is -0.368. The predicted octanol–water partition coefficient (Wildman–Crippen LogP) is -0.590. The molecule has 68 valence electrons. The summed E-state index contributed by atoms with van der Waals surface area (Å²) < 4.78 is 0. The molecule has 2 N–H and O–H groups in total. The maximum atomic E-state index is 11.2. The van der Waals surface area contributed by atoms with Gasteiger partial charge in [0.05, 0.1) is 18.8 Å². The van der Waals surface area contributed by atoms with E-state index in [0.717, 1.165) is 5.69 Å². The summed E-state index contributed by atoms with van der Waals surface area (Å²) in [6.07, 6.45) is 3.72. The van der Waals surface area contributed by atoms with E-state index in [1.807, 2.05) is 0 Å². The first-order valence-corrected chi connectivity index (χ1v) is 4.05. The van der Waals surface area contributed by atoms with E-state index >= 15 is 0 Å². The number of H-pyrrole nitrogens is 1. The molecular formula is C8H9N3O2. The van der Waals surface area contributed by atoms with Gasteiger partial charge < -0.3 is 10.3 Å². The lowest BCUT2D eigenvalue weighted by Crippen LogP contribution is -2.31. The van der Waals surface area contributed by atoms with Crippen LogP contribution in [0.5, 0.6) is 0 Å². The van der Waals surface area contributed by atoms with Gasteiger partial charge >= 0.3 is 0 Å². The third kappa shape index (κ3) is 1.58. The Kier molecular flexibility index (Phi) is 1.84. The quantitative estimate of drug-likeness (QED) is 0.596. The van der Waals surface area contributed by atoms with Crippen LogP contribution >= 0.6 is 0 Å². The average molecular weight is 179 g/mol. The van der Waals surface area contributed by atoms with Crippen molar-refractivity contribution in [3.8, 4) is 0 Å². The normalized spacial score (nSPS) is 22.0. The van der Waals surface area contributed by atoms with Crippen molar-refractivity contribution in [1.29, 1.82) is 0 Å². The van der Waals surface area contributed by atoms with Gasteiger partial charge in [0.1, 0.15) is 0 Å². The van der Waals surface area contributed by atoms with E-state index in [-0.39, 0.29) is 24.2 Å². The molecule has 1 aromatic rings. The van der Waals surface area contributed by atoms with Crippen LogP contribution in [0.4, 0.5) is 0 Å². The zero-order chi connectivity index (χ0) is 9.26. The fourth-order valence-electron chi connectivity index (χ4n) is 1.39. The molecule has 1 amide bonds. The lowest BCUT2D eigenvalue weighted by molar-refractivity contribution is -0.122. The highest BCUT2D eigenvalue weighted by Gasteiger charge is 2.29. The van der Waals surface area contributed by atoms with Crippen molar-refractivity contribution < 1.29 is 9.59 Å². The molecule has 5 heteroatoms. The average Bonchev–Trinajstić information content (AvgIpc) is 2.63. The van der Waals surface area contributed by atoms with Gasteiger partial charge in [0.25, 0.3) is 0 Å². The van der Waals surface area contributed by atoms with Crippen LogP contribution in [0, 0.1) is 0 Å². The second kappa shape index (κ2) is 3.01. The van der Waals surface area contributed by atoms with Crippen LogP contribution in [0.2, 0.25) is 0 Å². The van der Waals surface area contributed by atoms with Gasteiger partial charge in [0, 0.05) is 18.3 Å². The minimum absolute atomic E-state index is 0.0127. The van der Waals surface area contributed by atoms with E-state index in [1.54, 1.807) is 12.5 Å². The third-order valence-corrected chi connectivity index (χ3v) is 2.04. The number of imidazole rings is 1. The van der Waals surface area contributed by atoms with E-state index in [9.17, 15) is 9.59 Å². The zero-order valence-electron chi connectivity index (χ0n) is 6.91. The Bertz CT molecular complexity index is 331. The number of hydrogen-bond donors (Lipinski definition) is 2. The smallest absolute Gasteiger partial charge is 0.228 e. The Morgan fingerprint density at radius 3 is 2.92 bits per heavy atom. The van der Waals surface area contributed by atoms with Crippen LogP contribution in [0.3, 0.4) is 0 Å². The Balaban J connectivity index is 2.03. The van der Waals surface area contributed by atoms with Crippen LogP contribution in [0.1, 0.15) is 12.1 Å². The van der Waals surface area contributed by atoms with E-state index in [4.69, 9.17) is 0 Å². The van der Waals surface area contributed by atoms with E-state index in [2.05, 4.69) is 15.3 Å². The molecule has 1 saturated heterocycles. The van der Waals surface area contributed by atoms with Crippen LogP contribution in [0.25, 0.3) is 0 Å². The van der Waals surface area contributed by atoms with Gasteiger partial charge in [-0.2, -0.15) is 0 Å². The number of aromatic nitrogens is 2. The topological polar surface area (TPSA) is 74.8 Å². The summed E-state index contributed by atoms with van der Waals surface area (Å²) in [6.45, 7) is 0. The molecule has 1 aliphatic rings. The number of aromatic amines is 1. The maximum Gasteiger partial charge on any atom is 0.228 e. The van der Waals surface area contributed by atoms with Gasteiger partial charge in [0.15, 0.2) is 5.78 Å². The second-order valence-corrected chi connectivity index (χ2v) is 3.04. The number of carbonyl (C=O) groups is 2. The number of nitrogens with one attached hydrogen (secondary N) is 2. The zero-order valence-corrected chi connectivity index (χ0v) is 6.91. The fourth-order valence-corrected chi connectivity index (χ4v) is 1.39. The highest BCUT2D eigenvalue weighted by molar-refractivity contribution is 6.07. The van der Waals surface area contributed by atoms with E-state index < -0.39 is 0 Å². The molecule has 5 nitrogen and oxygen atoms in total. The largest absolute Gasteiger partial charge is 0.348 e. The first kappa shape index (κ1) is 7.97. The van der Waals surface area contributed by atoms with Gasteiger partial charge in [0.2, 0.25) is 5.91 Å². The lowest BCUT2D eigenvalue weighted by atomic mass is 10.1. The van der Waals surface area contributed by atoms with Crippen molar-refractivity contribution in [2.24, 2.45) is 0 Å². The molecule has 0 bridgehead atoms. The third-order valence-electron chi connectivity index (χ3n) is 2.04. The molecule has 1 atom stereocenters. The number of amides is 1. The molecule has 1 fully saturated rings. The van der Waals surface area contributed by atoms with Crippen LogP contribution in [-0.4, -0.2) is 27.7 Å². The Morgan fingerprint density at radius 2 is 2.38 bits per heavy atom. The molecule has 0 spiro atoms. The fraction of sp³-hybridized carbons (Fsp3) is 0.375. The van der Waals surface area contributed by atoms with Crippen LogP contribution in [0.15, 0.2) is 12.5 Å². The van der Waals surface area contributed by atoms with E-state index in [0.29, 0.717) is 6.42 Å². The Morgan fingerprint density at radius 1 is 1.54 bits per heavy atom. The monoisotopic (exact) mass is 179 g/mol. The molecule has 2 rings (SSSR count). The van der Waals surface area contributed by atoms with Gasteiger partial charge in [-0.3, -0.25) is 9.59 Å². The Labute approximate surface area is 74.6 Å². The van der Waals surface area contributed by atoms with Crippen molar-refractivity contribution in [3.63, 3.8) is 0 Å². The number of nitrogens with zero attached hydrogens (tertiary/aromatic N) is 1. The van der Waals surface area contributed by atoms with Crippen molar-refractivity contribution in [2.45, 2.75) is 18.9 Å². The summed E-state index contributed by atoms with van der Waals surface area (Å²) in [5, 5.41) is 2.61. The van der Waals surface area contributed by atoms with Gasteiger partial charge in [-0.05, 0) is 0 Å². The molecule has 0 aliphatic carbocycles. The summed E-state index contributed by atoms with van der Waals surface area (Å²) in [4.78, 5) is 28.7. The standard InChI is InChI=1S/C8H9N3O2/c12-7-2-8(13)11-6(7)1-5-3-9-4-10-5/h3-4,6H,1-2H2,(H,9,10)(H,11,13). The number of ketones is 1. The van der Waals surface area contributed by atoms with Crippen molar-refractivity contribution in [3.05, 3.63) is 18.2 Å². The van der Waals surface area contributed by atoms with Crippen molar-refractivity contribution in [1.82, 2.24) is 15.3 Å². The van der Waals surface area contributed by atoms with Gasteiger partial charge in [-0.1, -0.05) is 0 Å². The molecule has 1 unspecified atom stereocenters. The summed E-state index contributed by atoms with van der Waals surface area (Å²) in [5.74, 6) is -0.228. The molecule has 2 heterocycles. The predicted molar refractivity (Wildman–Crippen MR) is 43.8 cm³/mol. The van der Waals surface area contributed by atoms with Crippen molar-refractivity contribution >= 4 is 11.7 Å².